The molecule has 1 fully saturated rings. The summed E-state index contributed by atoms with van der Waals surface area (Å²) >= 11 is 0. The van der Waals surface area contributed by atoms with Crippen LogP contribution in [0.15, 0.2) is 65.1 Å². The number of para-hydroxylation sites is 1. The van der Waals surface area contributed by atoms with E-state index in [1.54, 1.807) is 20.3 Å². The van der Waals surface area contributed by atoms with Crippen molar-refractivity contribution in [3.63, 3.8) is 0 Å². The normalized spacial score (nSPS) is 15.2. The number of benzene rings is 3. The number of carbonyl (C=O) groups is 1. The fraction of sp³-hybridized carbons (Fsp3) is 0.345. The van der Waals surface area contributed by atoms with Crippen molar-refractivity contribution in [3.05, 3.63) is 66.2 Å². The molecule has 7 nitrogen and oxygen atoms in total. The molecule has 1 saturated heterocycles. The van der Waals surface area contributed by atoms with Gasteiger partial charge in [0.2, 0.25) is 0 Å². The third-order valence-electron chi connectivity index (χ3n) is 7.00. The van der Waals surface area contributed by atoms with Gasteiger partial charge in [0, 0.05) is 42.6 Å². The smallest absolute Gasteiger partial charge is 0.256 e. The van der Waals surface area contributed by atoms with Gasteiger partial charge in [-0.05, 0) is 48.9 Å². The number of nitrogens with one attached hydrogen (secondary N) is 1. The summed E-state index contributed by atoms with van der Waals surface area (Å²) in [6.07, 6.45) is 1.81. The first-order valence-electron chi connectivity index (χ1n) is 12.5. The number of hydrogen-bond acceptors (Lipinski definition) is 6. The molecule has 0 saturated carbocycles. The van der Waals surface area contributed by atoms with Crippen molar-refractivity contribution in [2.75, 3.05) is 45.3 Å². The highest BCUT2D eigenvalue weighted by molar-refractivity contribution is 6.09. The minimum absolute atomic E-state index is 0.0448. The summed E-state index contributed by atoms with van der Waals surface area (Å²) in [4.78, 5) is 18.2. The highest BCUT2D eigenvalue weighted by atomic mass is 16.5. The molecule has 7 heteroatoms. The fourth-order valence-corrected chi connectivity index (χ4v) is 5.03. The first kappa shape index (κ1) is 24.0. The average Bonchev–Trinajstić information content (AvgIpc) is 3.29. The van der Waals surface area contributed by atoms with Crippen LogP contribution in [0.4, 0.5) is 5.69 Å². The number of carbonyl (C=O) groups excluding carboxylic acids is 1. The Morgan fingerprint density at radius 2 is 1.69 bits per heavy atom. The van der Waals surface area contributed by atoms with Crippen LogP contribution in [0.3, 0.4) is 0 Å². The Labute approximate surface area is 211 Å². The number of piperazine rings is 1. The number of methoxy groups -OCH3 is 2. The van der Waals surface area contributed by atoms with Gasteiger partial charge in [-0.1, -0.05) is 31.5 Å². The number of hydrogen-bond donors (Lipinski definition) is 1. The van der Waals surface area contributed by atoms with Crippen LogP contribution in [0, 0.1) is 0 Å². The molecule has 1 aromatic heterocycles. The summed E-state index contributed by atoms with van der Waals surface area (Å²) in [7, 11) is 3.28. The summed E-state index contributed by atoms with van der Waals surface area (Å²) in [5.41, 5.74) is 3.16. The summed E-state index contributed by atoms with van der Waals surface area (Å²) in [5, 5.41) is 5.23. The fourth-order valence-electron chi connectivity index (χ4n) is 5.03. The molecule has 3 aromatic carbocycles. The van der Waals surface area contributed by atoms with Gasteiger partial charge >= 0.3 is 0 Å². The van der Waals surface area contributed by atoms with Crippen LogP contribution >= 0.6 is 0 Å². The van der Waals surface area contributed by atoms with Gasteiger partial charge in [0.25, 0.3) is 5.91 Å². The number of furan rings is 1. The van der Waals surface area contributed by atoms with E-state index in [4.69, 9.17) is 13.9 Å². The van der Waals surface area contributed by atoms with Crippen LogP contribution in [0.25, 0.3) is 21.9 Å². The van der Waals surface area contributed by atoms with Gasteiger partial charge < -0.3 is 24.1 Å². The van der Waals surface area contributed by atoms with E-state index in [1.165, 1.54) is 5.69 Å². The van der Waals surface area contributed by atoms with E-state index in [1.807, 2.05) is 42.5 Å². The predicted molar refractivity (Wildman–Crippen MR) is 143 cm³/mol. The number of anilines is 1. The molecule has 2 heterocycles. The second kappa shape index (κ2) is 10.5. The lowest BCUT2D eigenvalue weighted by Gasteiger charge is -2.40. The Morgan fingerprint density at radius 3 is 2.39 bits per heavy atom. The molecule has 0 radical (unpaired) electrons. The van der Waals surface area contributed by atoms with E-state index >= 15 is 0 Å². The largest absolute Gasteiger partial charge is 0.497 e. The third kappa shape index (κ3) is 4.71. The lowest BCUT2D eigenvalue weighted by molar-refractivity contribution is 0.0821. The van der Waals surface area contributed by atoms with Gasteiger partial charge in [-0.25, -0.2) is 0 Å². The molecule has 4 aromatic rings. The Kier molecular flexibility index (Phi) is 7.00. The van der Waals surface area contributed by atoms with Crippen LogP contribution in [0.5, 0.6) is 11.5 Å². The molecule has 1 aliphatic heterocycles. The lowest BCUT2D eigenvalue weighted by Crippen LogP contribution is -2.56. The molecular formula is C29H33N3O4. The molecule has 36 heavy (non-hydrogen) atoms. The SMILES string of the molecule is CCCC(NC(=O)c1cc2oc3ccccc3c2cc1OC)N1CCN(c2ccc(OC)cc2)CC1. The Bertz CT molecular complexity index is 1340. The monoisotopic (exact) mass is 487 g/mol. The van der Waals surface area contributed by atoms with Crippen molar-refractivity contribution in [3.8, 4) is 11.5 Å². The minimum atomic E-state index is -0.148. The van der Waals surface area contributed by atoms with Crippen LogP contribution in [0.1, 0.15) is 30.1 Å². The van der Waals surface area contributed by atoms with Crippen molar-refractivity contribution in [1.82, 2.24) is 10.2 Å². The molecule has 0 bridgehead atoms. The van der Waals surface area contributed by atoms with Crippen LogP contribution in [-0.4, -0.2) is 57.4 Å². The highest BCUT2D eigenvalue weighted by Gasteiger charge is 2.26. The lowest BCUT2D eigenvalue weighted by atomic mass is 10.1. The van der Waals surface area contributed by atoms with Crippen molar-refractivity contribution in [1.29, 1.82) is 0 Å². The third-order valence-corrected chi connectivity index (χ3v) is 7.00. The van der Waals surface area contributed by atoms with Gasteiger partial charge in [-0.15, -0.1) is 0 Å². The predicted octanol–water partition coefficient (Wildman–Crippen LogP) is 5.28. The number of nitrogens with zero attached hydrogens (tertiary/aromatic N) is 2. The summed E-state index contributed by atoms with van der Waals surface area (Å²) in [6, 6.07) is 19.8. The molecule has 1 atom stereocenters. The van der Waals surface area contributed by atoms with Gasteiger partial charge in [0.15, 0.2) is 0 Å². The van der Waals surface area contributed by atoms with E-state index in [0.717, 1.165) is 61.1 Å². The Balaban J connectivity index is 1.31. The average molecular weight is 488 g/mol. The first-order valence-corrected chi connectivity index (χ1v) is 12.5. The van der Waals surface area contributed by atoms with E-state index in [9.17, 15) is 4.79 Å². The maximum Gasteiger partial charge on any atom is 0.256 e. The second-order valence-corrected chi connectivity index (χ2v) is 9.15. The van der Waals surface area contributed by atoms with Crippen LogP contribution in [-0.2, 0) is 0 Å². The van der Waals surface area contributed by atoms with Crippen molar-refractivity contribution in [2.45, 2.75) is 25.9 Å². The topological polar surface area (TPSA) is 67.2 Å². The quantitative estimate of drug-likeness (QED) is 0.365. The van der Waals surface area contributed by atoms with E-state index in [-0.39, 0.29) is 12.1 Å². The van der Waals surface area contributed by atoms with Crippen molar-refractivity contribution < 1.29 is 18.7 Å². The maximum atomic E-state index is 13.5. The summed E-state index contributed by atoms with van der Waals surface area (Å²) < 4.78 is 16.9. The molecule has 0 spiro atoms. The Morgan fingerprint density at radius 1 is 0.944 bits per heavy atom. The minimum Gasteiger partial charge on any atom is -0.497 e. The summed E-state index contributed by atoms with van der Waals surface area (Å²) in [5.74, 6) is 1.26. The van der Waals surface area contributed by atoms with Crippen LogP contribution < -0.4 is 19.7 Å². The standard InChI is InChI=1S/C29H33N3O4/c1-4-7-28(32-16-14-31(15-17-32)20-10-12-21(34-2)13-11-20)30-29(33)24-19-27-23(18-26(24)35-3)22-8-5-6-9-25(22)36-27/h5-6,8-13,18-19,28H,4,7,14-17H2,1-3H3,(H,30,33). The first-order chi connectivity index (χ1) is 17.6. The zero-order valence-corrected chi connectivity index (χ0v) is 21.1. The molecule has 188 valence electrons. The number of fused-ring (bicyclic) bond motifs is 3. The van der Waals surface area contributed by atoms with Crippen molar-refractivity contribution >= 4 is 33.5 Å². The van der Waals surface area contributed by atoms with Crippen molar-refractivity contribution in [2.24, 2.45) is 0 Å². The van der Waals surface area contributed by atoms with E-state index in [0.29, 0.717) is 16.9 Å². The van der Waals surface area contributed by atoms with Gasteiger partial charge in [-0.2, -0.15) is 0 Å². The number of ether oxygens (including phenoxy) is 2. The number of rotatable bonds is 8. The molecule has 1 aliphatic rings. The molecule has 1 unspecified atom stereocenters. The molecule has 0 aliphatic carbocycles. The molecule has 1 N–H and O–H groups in total. The van der Waals surface area contributed by atoms with E-state index in [2.05, 4.69) is 34.2 Å². The van der Waals surface area contributed by atoms with Crippen LogP contribution in [0.2, 0.25) is 0 Å². The zero-order chi connectivity index (χ0) is 25.1. The maximum absolute atomic E-state index is 13.5. The van der Waals surface area contributed by atoms with E-state index < -0.39 is 0 Å². The zero-order valence-electron chi connectivity index (χ0n) is 21.1. The van der Waals surface area contributed by atoms with Gasteiger partial charge in [0.05, 0.1) is 25.9 Å². The summed E-state index contributed by atoms with van der Waals surface area (Å²) in [6.45, 7) is 5.69. The van der Waals surface area contributed by atoms with Gasteiger partial charge in [0.1, 0.15) is 22.7 Å². The molecule has 5 rings (SSSR count). The Hall–Kier alpha value is -3.71. The highest BCUT2D eigenvalue weighted by Crippen LogP contribution is 2.34. The van der Waals surface area contributed by atoms with Gasteiger partial charge in [-0.3, -0.25) is 9.69 Å². The molecular weight excluding hydrogens is 454 g/mol. The second-order valence-electron chi connectivity index (χ2n) is 9.15. The number of amides is 1. The molecule has 1 amide bonds.